The smallest absolute Gasteiger partial charge is 0.368 e. The fraction of sp³-hybridized carbons (Fsp3) is 0.500. The molecule has 0 saturated heterocycles. The molecular weight excluding hydrogens is 299 g/mol. The zero-order chi connectivity index (χ0) is 16.9. The predicted octanol–water partition coefficient (Wildman–Crippen LogP) is 2.14. The highest BCUT2D eigenvalue weighted by Crippen LogP contribution is 2.28. The summed E-state index contributed by atoms with van der Waals surface area (Å²) in [5.41, 5.74) is 4.04. The number of nitrogens with zero attached hydrogens (tertiary/aromatic N) is 2. The third kappa shape index (κ3) is 4.71. The summed E-state index contributed by atoms with van der Waals surface area (Å²) in [6.45, 7) is 3.26. The Hall–Kier alpha value is -2.12. The summed E-state index contributed by atoms with van der Waals surface area (Å²) in [6.07, 6.45) is -3.11. The molecule has 1 rings (SSSR count). The van der Waals surface area contributed by atoms with Crippen LogP contribution < -0.4 is 5.73 Å². The van der Waals surface area contributed by atoms with Crippen molar-refractivity contribution in [1.82, 2.24) is 9.88 Å². The maximum atomic E-state index is 12.6. The van der Waals surface area contributed by atoms with Crippen molar-refractivity contribution >= 4 is 11.8 Å². The molecule has 0 radical (unpaired) electrons. The second kappa shape index (κ2) is 7.24. The fourth-order valence-corrected chi connectivity index (χ4v) is 1.90. The Bertz CT molecular complexity index is 559. The number of alkyl halides is 3. The Balaban J connectivity index is 3.05. The lowest BCUT2D eigenvalue weighted by Gasteiger charge is -2.22. The van der Waals surface area contributed by atoms with Gasteiger partial charge in [-0.3, -0.25) is 9.59 Å². The Morgan fingerprint density at radius 3 is 2.41 bits per heavy atom. The molecular formula is C14H18F3N3O2. The number of amides is 2. The topological polar surface area (TPSA) is 76.3 Å². The number of carbonyl (C=O) groups excluding carboxylic acids is 2. The number of pyridine rings is 1. The van der Waals surface area contributed by atoms with E-state index in [1.54, 1.807) is 0 Å². The Labute approximate surface area is 126 Å². The van der Waals surface area contributed by atoms with Crippen LogP contribution in [0.15, 0.2) is 12.1 Å². The van der Waals surface area contributed by atoms with E-state index >= 15 is 0 Å². The molecule has 0 spiro atoms. The number of rotatable bonds is 6. The molecule has 2 amide bonds. The summed E-state index contributed by atoms with van der Waals surface area (Å²) in [7, 11) is 0. The molecule has 0 aromatic carbocycles. The summed E-state index contributed by atoms with van der Waals surface area (Å²) in [5.74, 6) is -1.23. The molecule has 0 bridgehead atoms. The van der Waals surface area contributed by atoms with Crippen LogP contribution in [-0.4, -0.2) is 34.8 Å². The molecule has 1 aromatic heterocycles. The largest absolute Gasteiger partial charge is 0.433 e. The van der Waals surface area contributed by atoms with Gasteiger partial charge in [0.1, 0.15) is 5.69 Å². The Kier molecular flexibility index (Phi) is 5.90. The zero-order valence-corrected chi connectivity index (χ0v) is 12.4. The highest BCUT2D eigenvalue weighted by Gasteiger charge is 2.33. The van der Waals surface area contributed by atoms with Crippen LogP contribution in [0.1, 0.15) is 41.5 Å². The van der Waals surface area contributed by atoms with Gasteiger partial charge in [0, 0.05) is 6.54 Å². The molecule has 2 N–H and O–H groups in total. The van der Waals surface area contributed by atoms with Gasteiger partial charge in [-0.2, -0.15) is 13.2 Å². The number of halogens is 3. The molecule has 0 atom stereocenters. The van der Waals surface area contributed by atoms with Crippen LogP contribution >= 0.6 is 0 Å². The third-order valence-corrected chi connectivity index (χ3v) is 3.02. The molecule has 0 aliphatic carbocycles. The minimum absolute atomic E-state index is 0.0327. The molecule has 0 saturated carbocycles. The second-order valence-electron chi connectivity index (χ2n) is 4.87. The van der Waals surface area contributed by atoms with E-state index in [9.17, 15) is 22.8 Å². The first-order valence-corrected chi connectivity index (χ1v) is 6.79. The number of aryl methyl sites for hydroxylation is 1. The summed E-state index contributed by atoms with van der Waals surface area (Å²) < 4.78 is 37.7. The van der Waals surface area contributed by atoms with Gasteiger partial charge >= 0.3 is 6.18 Å². The van der Waals surface area contributed by atoms with Crippen LogP contribution in [0.4, 0.5) is 13.2 Å². The van der Waals surface area contributed by atoms with E-state index in [-0.39, 0.29) is 17.8 Å². The highest BCUT2D eigenvalue weighted by molar-refractivity contribution is 5.97. The van der Waals surface area contributed by atoms with Gasteiger partial charge in [-0.15, -0.1) is 0 Å². The number of primary amides is 1. The Morgan fingerprint density at radius 1 is 1.32 bits per heavy atom. The number of hydrogen-bond acceptors (Lipinski definition) is 3. The number of aromatic nitrogens is 1. The molecule has 0 fully saturated rings. The van der Waals surface area contributed by atoms with Crippen LogP contribution in [0, 0.1) is 6.92 Å². The van der Waals surface area contributed by atoms with Crippen LogP contribution in [0.25, 0.3) is 0 Å². The van der Waals surface area contributed by atoms with Gasteiger partial charge in [-0.1, -0.05) is 13.3 Å². The lowest BCUT2D eigenvalue weighted by atomic mass is 10.1. The minimum atomic E-state index is -4.57. The summed E-state index contributed by atoms with van der Waals surface area (Å²) in [5, 5.41) is 0. The number of hydrogen-bond donors (Lipinski definition) is 1. The molecule has 122 valence electrons. The maximum Gasteiger partial charge on any atom is 0.433 e. The molecule has 1 heterocycles. The van der Waals surface area contributed by atoms with Crippen molar-refractivity contribution in [3.8, 4) is 0 Å². The molecule has 0 aliphatic heterocycles. The third-order valence-electron chi connectivity index (χ3n) is 3.02. The van der Waals surface area contributed by atoms with Gasteiger partial charge in [0.2, 0.25) is 5.91 Å². The molecule has 0 unspecified atom stereocenters. The van der Waals surface area contributed by atoms with Crippen molar-refractivity contribution in [2.45, 2.75) is 32.9 Å². The van der Waals surface area contributed by atoms with Gasteiger partial charge in [-0.05, 0) is 25.5 Å². The van der Waals surface area contributed by atoms with Crippen LogP contribution in [-0.2, 0) is 11.0 Å². The quantitative estimate of drug-likeness (QED) is 0.873. The summed E-state index contributed by atoms with van der Waals surface area (Å²) in [4.78, 5) is 28.1. The maximum absolute atomic E-state index is 12.6. The van der Waals surface area contributed by atoms with E-state index < -0.39 is 23.7 Å². The first kappa shape index (κ1) is 17.9. The van der Waals surface area contributed by atoms with Crippen molar-refractivity contribution in [2.75, 3.05) is 13.1 Å². The average molecular weight is 317 g/mol. The van der Waals surface area contributed by atoms with Crippen molar-refractivity contribution in [1.29, 1.82) is 0 Å². The number of unbranched alkanes of at least 4 members (excludes halogenated alkanes) is 1. The predicted molar refractivity (Wildman–Crippen MR) is 74.0 cm³/mol. The van der Waals surface area contributed by atoms with E-state index in [2.05, 4.69) is 4.98 Å². The van der Waals surface area contributed by atoms with Gasteiger partial charge in [0.15, 0.2) is 0 Å². The minimum Gasteiger partial charge on any atom is -0.368 e. The van der Waals surface area contributed by atoms with E-state index in [4.69, 9.17) is 5.73 Å². The van der Waals surface area contributed by atoms with E-state index in [1.165, 1.54) is 11.8 Å². The van der Waals surface area contributed by atoms with E-state index in [0.717, 1.165) is 18.6 Å². The SMILES string of the molecule is CCCCN(CC(N)=O)C(=O)c1ccc(C(F)(F)F)nc1C. The van der Waals surface area contributed by atoms with Crippen molar-refractivity contribution in [2.24, 2.45) is 5.73 Å². The van der Waals surface area contributed by atoms with Crippen molar-refractivity contribution < 1.29 is 22.8 Å². The average Bonchev–Trinajstić information content (AvgIpc) is 2.41. The van der Waals surface area contributed by atoms with Gasteiger partial charge in [0.25, 0.3) is 5.91 Å². The fourth-order valence-electron chi connectivity index (χ4n) is 1.90. The summed E-state index contributed by atoms with van der Waals surface area (Å²) >= 11 is 0. The second-order valence-corrected chi connectivity index (χ2v) is 4.87. The molecule has 8 heteroatoms. The monoisotopic (exact) mass is 317 g/mol. The van der Waals surface area contributed by atoms with Crippen LogP contribution in [0.2, 0.25) is 0 Å². The van der Waals surface area contributed by atoms with Crippen molar-refractivity contribution in [3.05, 3.63) is 29.1 Å². The molecule has 1 aromatic rings. The lowest BCUT2D eigenvalue weighted by molar-refractivity contribution is -0.141. The first-order valence-electron chi connectivity index (χ1n) is 6.79. The van der Waals surface area contributed by atoms with Gasteiger partial charge < -0.3 is 10.6 Å². The zero-order valence-electron chi connectivity index (χ0n) is 12.4. The van der Waals surface area contributed by atoms with E-state index in [1.807, 2.05) is 6.92 Å². The summed E-state index contributed by atoms with van der Waals surface area (Å²) in [6, 6.07) is 1.83. The van der Waals surface area contributed by atoms with Gasteiger partial charge in [0.05, 0.1) is 17.8 Å². The van der Waals surface area contributed by atoms with Crippen LogP contribution in [0.3, 0.4) is 0 Å². The van der Waals surface area contributed by atoms with Crippen molar-refractivity contribution in [3.63, 3.8) is 0 Å². The van der Waals surface area contributed by atoms with E-state index in [0.29, 0.717) is 13.0 Å². The highest BCUT2D eigenvalue weighted by atomic mass is 19.4. The van der Waals surface area contributed by atoms with Crippen LogP contribution in [0.5, 0.6) is 0 Å². The number of nitrogens with two attached hydrogens (primary N) is 1. The molecule has 0 aliphatic rings. The standard InChI is InChI=1S/C14H18F3N3O2/c1-3-4-7-20(8-12(18)21)13(22)10-5-6-11(14(15,16)17)19-9(10)2/h5-6H,3-4,7-8H2,1-2H3,(H2,18,21). The molecule has 22 heavy (non-hydrogen) atoms. The Morgan fingerprint density at radius 2 is 1.95 bits per heavy atom. The molecule has 5 nitrogen and oxygen atoms in total. The number of carbonyl (C=O) groups is 2. The van der Waals surface area contributed by atoms with Gasteiger partial charge in [-0.25, -0.2) is 4.98 Å². The first-order chi connectivity index (χ1) is 10.2. The normalized spacial score (nSPS) is 11.3. The lowest BCUT2D eigenvalue weighted by Crippen LogP contribution is -2.39.